The van der Waals surface area contributed by atoms with Crippen LogP contribution in [-0.2, 0) is 6.42 Å². The Labute approximate surface area is 110 Å². The number of H-pyrrole nitrogens is 1. The van der Waals surface area contributed by atoms with Crippen LogP contribution in [0, 0.1) is 5.82 Å². The van der Waals surface area contributed by atoms with Crippen molar-refractivity contribution >= 4 is 0 Å². The van der Waals surface area contributed by atoms with Gasteiger partial charge in [-0.15, -0.1) is 0 Å². The fourth-order valence-corrected chi connectivity index (χ4v) is 2.03. The molecule has 0 saturated carbocycles. The van der Waals surface area contributed by atoms with Crippen molar-refractivity contribution in [2.45, 2.75) is 6.42 Å². The van der Waals surface area contributed by atoms with Gasteiger partial charge in [0.2, 0.25) is 0 Å². The van der Waals surface area contributed by atoms with Gasteiger partial charge in [0.1, 0.15) is 5.82 Å². The highest BCUT2D eigenvalue weighted by atomic mass is 19.1. The fraction of sp³-hybridized carbons (Fsp3) is 0.0667. The van der Waals surface area contributed by atoms with E-state index in [9.17, 15) is 4.39 Å². The summed E-state index contributed by atoms with van der Waals surface area (Å²) < 4.78 is 12.9. The highest BCUT2D eigenvalue weighted by Gasteiger charge is 2.08. The largest absolute Gasteiger partial charge is 0.282 e. The second-order valence-electron chi connectivity index (χ2n) is 4.30. The Morgan fingerprint density at radius 1 is 1.00 bits per heavy atom. The number of aromatic amines is 1. The second-order valence-corrected chi connectivity index (χ2v) is 4.30. The summed E-state index contributed by atoms with van der Waals surface area (Å²) in [6, 6.07) is 10.4. The van der Waals surface area contributed by atoms with E-state index in [1.165, 1.54) is 12.1 Å². The summed E-state index contributed by atoms with van der Waals surface area (Å²) in [6.45, 7) is 0. The van der Waals surface area contributed by atoms with Crippen LogP contribution in [0.1, 0.15) is 11.3 Å². The number of benzene rings is 1. The zero-order chi connectivity index (χ0) is 13.1. The van der Waals surface area contributed by atoms with Crippen molar-refractivity contribution in [3.05, 3.63) is 72.1 Å². The second kappa shape index (κ2) is 5.02. The Kier molecular flexibility index (Phi) is 3.06. The molecule has 0 aliphatic rings. The Morgan fingerprint density at radius 3 is 2.47 bits per heavy atom. The summed E-state index contributed by atoms with van der Waals surface area (Å²) in [6.07, 6.45) is 6.00. The fourth-order valence-electron chi connectivity index (χ4n) is 2.03. The lowest BCUT2D eigenvalue weighted by molar-refractivity contribution is 0.627. The van der Waals surface area contributed by atoms with Gasteiger partial charge in [-0.2, -0.15) is 5.10 Å². The molecule has 0 atom stereocenters. The van der Waals surface area contributed by atoms with Crippen molar-refractivity contribution in [2.75, 3.05) is 0 Å². The number of nitrogens with zero attached hydrogens (tertiary/aromatic N) is 2. The Morgan fingerprint density at radius 2 is 1.74 bits per heavy atom. The lowest BCUT2D eigenvalue weighted by atomic mass is 10.0. The van der Waals surface area contributed by atoms with Crippen LogP contribution in [0.4, 0.5) is 4.39 Å². The predicted molar refractivity (Wildman–Crippen MR) is 71.0 cm³/mol. The number of halogens is 1. The van der Waals surface area contributed by atoms with Gasteiger partial charge in [0, 0.05) is 30.1 Å². The summed E-state index contributed by atoms with van der Waals surface area (Å²) in [5.41, 5.74) is 4.17. The molecule has 0 aliphatic heterocycles. The van der Waals surface area contributed by atoms with Crippen LogP contribution in [0.25, 0.3) is 11.1 Å². The molecule has 2 heterocycles. The van der Waals surface area contributed by atoms with E-state index >= 15 is 0 Å². The first-order valence-electron chi connectivity index (χ1n) is 6.00. The lowest BCUT2D eigenvalue weighted by Crippen LogP contribution is -1.92. The molecule has 0 spiro atoms. The van der Waals surface area contributed by atoms with E-state index in [-0.39, 0.29) is 5.82 Å². The van der Waals surface area contributed by atoms with E-state index < -0.39 is 0 Å². The van der Waals surface area contributed by atoms with Crippen LogP contribution in [0.5, 0.6) is 0 Å². The Hall–Kier alpha value is -2.49. The monoisotopic (exact) mass is 253 g/mol. The third-order valence-electron chi connectivity index (χ3n) is 3.00. The molecule has 3 aromatic rings. The van der Waals surface area contributed by atoms with E-state index in [4.69, 9.17) is 0 Å². The molecule has 0 saturated heterocycles. The molecule has 0 fully saturated rings. The average Bonchev–Trinajstić information content (AvgIpc) is 2.90. The van der Waals surface area contributed by atoms with Crippen molar-refractivity contribution in [3.8, 4) is 11.1 Å². The van der Waals surface area contributed by atoms with Crippen LogP contribution in [0.3, 0.4) is 0 Å². The highest BCUT2D eigenvalue weighted by molar-refractivity contribution is 5.65. The van der Waals surface area contributed by atoms with Gasteiger partial charge in [-0.1, -0.05) is 12.1 Å². The zero-order valence-corrected chi connectivity index (χ0v) is 10.2. The number of nitrogens with one attached hydrogen (secondary N) is 1. The molecule has 0 aliphatic carbocycles. The maximum Gasteiger partial charge on any atom is 0.123 e. The number of pyridine rings is 1. The molecular weight excluding hydrogens is 241 g/mol. The molecule has 1 aromatic carbocycles. The molecule has 3 nitrogen and oxygen atoms in total. The topological polar surface area (TPSA) is 41.6 Å². The summed E-state index contributed by atoms with van der Waals surface area (Å²) in [5.74, 6) is -0.220. The molecule has 1 N–H and O–H groups in total. The first kappa shape index (κ1) is 11.6. The highest BCUT2D eigenvalue weighted by Crippen LogP contribution is 2.23. The predicted octanol–water partition coefficient (Wildman–Crippen LogP) is 3.20. The van der Waals surface area contributed by atoms with Gasteiger partial charge >= 0.3 is 0 Å². The van der Waals surface area contributed by atoms with Crippen molar-refractivity contribution < 1.29 is 4.39 Å². The van der Waals surface area contributed by atoms with Gasteiger partial charge in [-0.3, -0.25) is 10.1 Å². The number of aromatic nitrogens is 3. The maximum absolute atomic E-state index is 12.9. The van der Waals surface area contributed by atoms with Crippen molar-refractivity contribution in [2.24, 2.45) is 0 Å². The Bertz CT molecular complexity index is 659. The molecule has 0 bridgehead atoms. The van der Waals surface area contributed by atoms with Crippen molar-refractivity contribution in [1.29, 1.82) is 0 Å². The van der Waals surface area contributed by atoms with Crippen molar-refractivity contribution in [3.63, 3.8) is 0 Å². The average molecular weight is 253 g/mol. The Balaban J connectivity index is 1.91. The minimum atomic E-state index is -0.220. The smallest absolute Gasteiger partial charge is 0.123 e. The molecule has 3 rings (SSSR count). The quantitative estimate of drug-likeness (QED) is 0.778. The molecule has 4 heteroatoms. The first-order valence-corrected chi connectivity index (χ1v) is 6.00. The summed E-state index contributed by atoms with van der Waals surface area (Å²) in [5, 5.41) is 7.10. The first-order chi connectivity index (χ1) is 9.33. The molecule has 0 unspecified atom stereocenters. The number of hydrogen-bond donors (Lipinski definition) is 1. The normalized spacial score (nSPS) is 10.6. The summed E-state index contributed by atoms with van der Waals surface area (Å²) >= 11 is 0. The van der Waals surface area contributed by atoms with Gasteiger partial charge in [-0.25, -0.2) is 4.39 Å². The van der Waals surface area contributed by atoms with E-state index in [0.29, 0.717) is 6.42 Å². The number of hydrogen-bond acceptors (Lipinski definition) is 2. The summed E-state index contributed by atoms with van der Waals surface area (Å²) in [7, 11) is 0. The summed E-state index contributed by atoms with van der Waals surface area (Å²) in [4.78, 5) is 4.01. The van der Waals surface area contributed by atoms with E-state index in [2.05, 4.69) is 15.2 Å². The molecular formula is C15H12FN3. The van der Waals surface area contributed by atoms with Crippen molar-refractivity contribution in [1.82, 2.24) is 15.2 Å². The van der Waals surface area contributed by atoms with Crippen LogP contribution in [0.2, 0.25) is 0 Å². The lowest BCUT2D eigenvalue weighted by Gasteiger charge is -2.03. The van der Waals surface area contributed by atoms with Crippen LogP contribution in [-0.4, -0.2) is 15.2 Å². The van der Waals surface area contributed by atoms with Gasteiger partial charge < -0.3 is 0 Å². The zero-order valence-electron chi connectivity index (χ0n) is 10.2. The van der Waals surface area contributed by atoms with Crippen LogP contribution in [0.15, 0.2) is 55.0 Å². The van der Waals surface area contributed by atoms with E-state index in [1.807, 2.05) is 12.1 Å². The third-order valence-corrected chi connectivity index (χ3v) is 3.00. The van der Waals surface area contributed by atoms with E-state index in [1.54, 1.807) is 30.7 Å². The molecule has 94 valence electrons. The number of rotatable bonds is 3. The van der Waals surface area contributed by atoms with Crippen LogP contribution >= 0.6 is 0 Å². The minimum absolute atomic E-state index is 0.220. The van der Waals surface area contributed by atoms with Crippen LogP contribution < -0.4 is 0 Å². The molecule has 0 amide bonds. The standard InChI is InChI=1S/C15H12FN3/c16-13-3-1-11(2-4-13)9-15-14(10-18-19-15)12-5-7-17-8-6-12/h1-8,10H,9H2,(H,18,19). The maximum atomic E-state index is 12.9. The van der Waals surface area contributed by atoms with Gasteiger partial charge in [0.25, 0.3) is 0 Å². The minimum Gasteiger partial charge on any atom is -0.282 e. The third kappa shape index (κ3) is 2.52. The molecule has 2 aromatic heterocycles. The van der Waals surface area contributed by atoms with E-state index in [0.717, 1.165) is 22.4 Å². The molecule has 19 heavy (non-hydrogen) atoms. The van der Waals surface area contributed by atoms with Gasteiger partial charge in [-0.05, 0) is 35.4 Å². The SMILES string of the molecule is Fc1ccc(Cc2[nH]ncc2-c2ccncc2)cc1. The van der Waals surface area contributed by atoms with Gasteiger partial charge in [0.05, 0.1) is 6.20 Å². The molecule has 0 radical (unpaired) electrons. The van der Waals surface area contributed by atoms with Gasteiger partial charge in [0.15, 0.2) is 0 Å².